The number of ether oxygens (including phenoxy) is 2. The highest BCUT2D eigenvalue weighted by molar-refractivity contribution is 5.91. The molecule has 3 aliphatic rings. The molecule has 6 rings (SSSR count). The van der Waals surface area contributed by atoms with Crippen LogP contribution in [0.25, 0.3) is 22.2 Å². The van der Waals surface area contributed by atoms with E-state index in [1.807, 2.05) is 6.07 Å². The Morgan fingerprint density at radius 3 is 2.41 bits per heavy atom. The van der Waals surface area contributed by atoms with Crippen molar-refractivity contribution in [2.24, 2.45) is 5.92 Å². The lowest BCUT2D eigenvalue weighted by atomic mass is 9.87. The number of rotatable bonds is 7. The van der Waals surface area contributed by atoms with E-state index in [-0.39, 0.29) is 0 Å². The number of likely N-dealkylation sites (tertiary alicyclic amines) is 2. The number of aryl methyl sites for hydroxylation is 1. The summed E-state index contributed by atoms with van der Waals surface area (Å²) in [7, 11) is 3.37. The highest BCUT2D eigenvalue weighted by atomic mass is 16.5. The third-order valence-corrected chi connectivity index (χ3v) is 9.28. The number of H-pyrrole nitrogens is 1. The molecule has 5 nitrogen and oxygen atoms in total. The summed E-state index contributed by atoms with van der Waals surface area (Å²) in [4.78, 5) is 9.25. The topological polar surface area (TPSA) is 40.7 Å². The summed E-state index contributed by atoms with van der Waals surface area (Å²) in [6, 6.07) is 14.0. The second-order valence-corrected chi connectivity index (χ2v) is 11.6. The molecule has 37 heavy (non-hydrogen) atoms. The Morgan fingerprint density at radius 2 is 1.65 bits per heavy atom. The summed E-state index contributed by atoms with van der Waals surface area (Å²) in [5.41, 5.74) is 6.30. The number of benzene rings is 2. The monoisotopic (exact) mass is 501 g/mol. The molecule has 0 spiro atoms. The highest BCUT2D eigenvalue weighted by Crippen LogP contribution is 2.38. The van der Waals surface area contributed by atoms with Gasteiger partial charge < -0.3 is 24.3 Å². The van der Waals surface area contributed by atoms with Crippen LogP contribution < -0.4 is 9.47 Å². The maximum atomic E-state index is 5.55. The van der Waals surface area contributed by atoms with Gasteiger partial charge in [-0.3, -0.25) is 0 Å². The maximum absolute atomic E-state index is 5.55. The van der Waals surface area contributed by atoms with Crippen LogP contribution in [0.5, 0.6) is 11.5 Å². The standard InChI is InChI=1S/C32H43N3O2/c1-22-28-19-25(8-10-29(28)33-32(22)26-9-11-30(36-2)31(20-26)37-3)24-12-17-35(18-13-24)27-5-4-15-34(16-14-27)21-23-6-7-23/h8-11,19-20,23-24,27,33H,4-7,12-18,21H2,1-3H3. The van der Waals surface area contributed by atoms with Gasteiger partial charge in [0.25, 0.3) is 0 Å². The minimum atomic E-state index is 0.664. The van der Waals surface area contributed by atoms with E-state index < -0.39 is 0 Å². The fourth-order valence-electron chi connectivity index (χ4n) is 6.83. The van der Waals surface area contributed by atoms with Crippen LogP contribution >= 0.6 is 0 Å². The molecular formula is C32H43N3O2. The molecule has 3 aromatic rings. The lowest BCUT2D eigenvalue weighted by Crippen LogP contribution is -2.41. The number of nitrogens with one attached hydrogen (secondary N) is 1. The minimum Gasteiger partial charge on any atom is -0.493 e. The van der Waals surface area contributed by atoms with Crippen LogP contribution in [0.1, 0.15) is 62.0 Å². The summed E-state index contributed by atoms with van der Waals surface area (Å²) in [5, 5.41) is 1.34. The quantitative estimate of drug-likeness (QED) is 0.396. The number of piperidine rings is 1. The smallest absolute Gasteiger partial charge is 0.161 e. The van der Waals surface area contributed by atoms with E-state index in [4.69, 9.17) is 9.47 Å². The van der Waals surface area contributed by atoms with E-state index in [9.17, 15) is 0 Å². The third kappa shape index (κ3) is 5.26. The van der Waals surface area contributed by atoms with Crippen LogP contribution in [0.15, 0.2) is 36.4 Å². The van der Waals surface area contributed by atoms with Crippen LogP contribution in [0, 0.1) is 12.8 Å². The molecule has 0 radical (unpaired) electrons. The number of aromatic nitrogens is 1. The van der Waals surface area contributed by atoms with Gasteiger partial charge in [-0.2, -0.15) is 0 Å². The van der Waals surface area contributed by atoms with Crippen LogP contribution in [0.3, 0.4) is 0 Å². The highest BCUT2D eigenvalue weighted by Gasteiger charge is 2.30. The fourth-order valence-corrected chi connectivity index (χ4v) is 6.83. The Hall–Kier alpha value is -2.50. The average molecular weight is 502 g/mol. The first-order valence-corrected chi connectivity index (χ1v) is 14.4. The summed E-state index contributed by atoms with van der Waals surface area (Å²) in [6.45, 7) is 8.73. The van der Waals surface area contributed by atoms with Gasteiger partial charge in [0.05, 0.1) is 14.2 Å². The van der Waals surface area contributed by atoms with Gasteiger partial charge in [-0.15, -0.1) is 0 Å². The first-order valence-electron chi connectivity index (χ1n) is 14.4. The summed E-state index contributed by atoms with van der Waals surface area (Å²) in [5.74, 6) is 3.20. The zero-order valence-corrected chi connectivity index (χ0v) is 22.9. The molecule has 0 amide bonds. The molecule has 2 aliphatic heterocycles. The molecule has 1 atom stereocenters. The number of fused-ring (bicyclic) bond motifs is 1. The molecule has 1 aromatic heterocycles. The Morgan fingerprint density at radius 1 is 0.838 bits per heavy atom. The lowest BCUT2D eigenvalue weighted by molar-refractivity contribution is 0.138. The Balaban J connectivity index is 1.13. The van der Waals surface area contributed by atoms with Gasteiger partial charge in [-0.05, 0) is 131 Å². The molecule has 1 unspecified atom stereocenters. The van der Waals surface area contributed by atoms with Crippen molar-refractivity contribution in [2.75, 3.05) is 46.9 Å². The molecule has 1 aliphatic carbocycles. The predicted octanol–water partition coefficient (Wildman–Crippen LogP) is 6.60. The van der Waals surface area contributed by atoms with E-state index in [2.05, 4.69) is 52.0 Å². The predicted molar refractivity (Wildman–Crippen MR) is 152 cm³/mol. The van der Waals surface area contributed by atoms with Gasteiger partial charge >= 0.3 is 0 Å². The molecule has 198 valence electrons. The molecule has 1 saturated carbocycles. The lowest BCUT2D eigenvalue weighted by Gasteiger charge is -2.37. The van der Waals surface area contributed by atoms with Gasteiger partial charge in [-0.25, -0.2) is 0 Å². The van der Waals surface area contributed by atoms with Crippen molar-refractivity contribution < 1.29 is 9.47 Å². The van der Waals surface area contributed by atoms with Gasteiger partial charge in [0.15, 0.2) is 11.5 Å². The Labute approximate surface area is 222 Å². The number of aromatic amines is 1. The zero-order chi connectivity index (χ0) is 25.4. The van der Waals surface area contributed by atoms with E-state index in [1.54, 1.807) is 14.2 Å². The first kappa shape index (κ1) is 24.8. The van der Waals surface area contributed by atoms with Crippen molar-refractivity contribution >= 4 is 10.9 Å². The van der Waals surface area contributed by atoms with E-state index in [0.29, 0.717) is 5.92 Å². The molecular weight excluding hydrogens is 458 g/mol. The number of hydrogen-bond donors (Lipinski definition) is 1. The Kier molecular flexibility index (Phi) is 7.18. The molecule has 5 heteroatoms. The Bertz CT molecular complexity index is 1220. The average Bonchev–Trinajstić information content (AvgIpc) is 3.74. The van der Waals surface area contributed by atoms with Gasteiger partial charge in [0.2, 0.25) is 0 Å². The van der Waals surface area contributed by atoms with Crippen molar-refractivity contribution in [2.45, 2.75) is 63.8 Å². The molecule has 1 N–H and O–H groups in total. The van der Waals surface area contributed by atoms with Crippen molar-refractivity contribution in [3.8, 4) is 22.8 Å². The van der Waals surface area contributed by atoms with Crippen LogP contribution in [-0.4, -0.2) is 67.8 Å². The summed E-state index contributed by atoms with van der Waals surface area (Å²) in [6.07, 6.45) is 9.63. The summed E-state index contributed by atoms with van der Waals surface area (Å²) < 4.78 is 11.0. The van der Waals surface area contributed by atoms with Gasteiger partial charge in [-0.1, -0.05) is 6.07 Å². The van der Waals surface area contributed by atoms with E-state index >= 15 is 0 Å². The molecule has 2 saturated heterocycles. The van der Waals surface area contributed by atoms with Gasteiger partial charge in [0, 0.05) is 34.7 Å². The largest absolute Gasteiger partial charge is 0.493 e. The minimum absolute atomic E-state index is 0.664. The van der Waals surface area contributed by atoms with Gasteiger partial charge in [0.1, 0.15) is 0 Å². The number of hydrogen-bond acceptors (Lipinski definition) is 4. The number of nitrogens with zero attached hydrogens (tertiary/aromatic N) is 2. The first-order chi connectivity index (χ1) is 18.1. The van der Waals surface area contributed by atoms with E-state index in [0.717, 1.165) is 34.7 Å². The zero-order valence-electron chi connectivity index (χ0n) is 22.9. The molecule has 3 heterocycles. The number of methoxy groups -OCH3 is 2. The third-order valence-electron chi connectivity index (χ3n) is 9.28. The van der Waals surface area contributed by atoms with Crippen molar-refractivity contribution in [1.82, 2.24) is 14.8 Å². The fraction of sp³-hybridized carbons (Fsp3) is 0.562. The molecule has 2 aromatic carbocycles. The van der Waals surface area contributed by atoms with Crippen molar-refractivity contribution in [1.29, 1.82) is 0 Å². The second kappa shape index (κ2) is 10.7. The van der Waals surface area contributed by atoms with E-state index in [1.165, 1.54) is 99.7 Å². The van der Waals surface area contributed by atoms with Crippen LogP contribution in [-0.2, 0) is 0 Å². The van der Waals surface area contributed by atoms with Crippen LogP contribution in [0.2, 0.25) is 0 Å². The van der Waals surface area contributed by atoms with Crippen LogP contribution in [0.4, 0.5) is 0 Å². The second-order valence-electron chi connectivity index (χ2n) is 11.6. The van der Waals surface area contributed by atoms with Crippen molar-refractivity contribution in [3.05, 3.63) is 47.5 Å². The SMILES string of the molecule is COc1ccc(-c2[nH]c3ccc(C4CCN(C5CCCN(CC6CC6)CC5)CC4)cc3c2C)cc1OC. The maximum Gasteiger partial charge on any atom is 0.161 e. The summed E-state index contributed by atoms with van der Waals surface area (Å²) >= 11 is 0. The van der Waals surface area contributed by atoms with Crippen molar-refractivity contribution in [3.63, 3.8) is 0 Å². The molecule has 3 fully saturated rings. The normalized spacial score (nSPS) is 22.3. The molecule has 0 bridgehead atoms.